The molecule has 2 heteroatoms. The minimum absolute atomic E-state index is 0.473. The molecular formula is C12H14NP. The van der Waals surface area contributed by atoms with Crippen molar-refractivity contribution in [3.63, 3.8) is 0 Å². The van der Waals surface area contributed by atoms with Crippen molar-refractivity contribution in [3.05, 3.63) is 42.5 Å². The molecule has 2 aromatic carbocycles. The highest BCUT2D eigenvalue weighted by Crippen LogP contribution is 2.27. The van der Waals surface area contributed by atoms with Crippen LogP contribution in [0.1, 0.15) is 6.92 Å². The van der Waals surface area contributed by atoms with E-state index in [4.69, 9.17) is 5.50 Å². The monoisotopic (exact) mass is 203 g/mol. The van der Waals surface area contributed by atoms with Crippen molar-refractivity contribution in [2.75, 3.05) is 6.16 Å². The van der Waals surface area contributed by atoms with Gasteiger partial charge in [0.05, 0.1) is 0 Å². The second-order valence-electron chi connectivity index (χ2n) is 3.28. The lowest BCUT2D eigenvalue weighted by atomic mass is 10.1. The van der Waals surface area contributed by atoms with E-state index in [0.29, 0.717) is 0 Å². The van der Waals surface area contributed by atoms with Crippen LogP contribution in [0.5, 0.6) is 0 Å². The molecule has 1 unspecified atom stereocenters. The molecule has 0 saturated carbocycles. The summed E-state index contributed by atoms with van der Waals surface area (Å²) in [5, 5.41) is 3.92. The molecular weight excluding hydrogens is 189 g/mol. The van der Waals surface area contributed by atoms with Gasteiger partial charge < -0.3 is 5.50 Å². The van der Waals surface area contributed by atoms with Crippen LogP contribution >= 0.6 is 8.07 Å². The van der Waals surface area contributed by atoms with Gasteiger partial charge in [0.25, 0.3) is 0 Å². The van der Waals surface area contributed by atoms with Crippen molar-refractivity contribution >= 4 is 24.1 Å². The Bertz CT molecular complexity index is 434. The highest BCUT2D eigenvalue weighted by Gasteiger charge is 2.06. The van der Waals surface area contributed by atoms with Crippen LogP contribution in [0.4, 0.5) is 0 Å². The first-order valence-corrected chi connectivity index (χ1v) is 6.42. The molecule has 0 fully saturated rings. The second-order valence-corrected chi connectivity index (χ2v) is 5.34. The summed E-state index contributed by atoms with van der Waals surface area (Å²) in [6.45, 7) is 2.15. The summed E-state index contributed by atoms with van der Waals surface area (Å²) >= 11 is 0. The van der Waals surface area contributed by atoms with Gasteiger partial charge in [-0.1, -0.05) is 49.4 Å². The molecule has 0 heterocycles. The number of hydrogen-bond donors (Lipinski definition) is 1. The van der Waals surface area contributed by atoms with Crippen molar-refractivity contribution in [2.24, 2.45) is 5.50 Å². The maximum absolute atomic E-state index is 6.13. The summed E-state index contributed by atoms with van der Waals surface area (Å²) in [6.07, 6.45) is 1.04. The van der Waals surface area contributed by atoms with Gasteiger partial charge in [0.1, 0.15) is 0 Å². The predicted molar refractivity (Wildman–Crippen MR) is 65.2 cm³/mol. The SMILES string of the molecule is CCP(N)c1cccc2ccccc12. The Hall–Kier alpha value is -0.910. The average Bonchev–Trinajstić information content (AvgIpc) is 2.27. The summed E-state index contributed by atoms with van der Waals surface area (Å²) in [5.41, 5.74) is 6.13. The van der Waals surface area contributed by atoms with E-state index in [9.17, 15) is 0 Å². The number of fused-ring (bicyclic) bond motifs is 1. The molecule has 0 aliphatic carbocycles. The van der Waals surface area contributed by atoms with Gasteiger partial charge in [-0.3, -0.25) is 0 Å². The summed E-state index contributed by atoms with van der Waals surface area (Å²) in [6, 6.07) is 14.8. The third-order valence-electron chi connectivity index (χ3n) is 2.42. The molecule has 0 spiro atoms. The number of hydrogen-bond acceptors (Lipinski definition) is 1. The second kappa shape index (κ2) is 4.08. The van der Waals surface area contributed by atoms with Crippen LogP contribution in [0.15, 0.2) is 42.5 Å². The smallest absolute Gasteiger partial charge is 0.00191 e. The van der Waals surface area contributed by atoms with Crippen LogP contribution in [0, 0.1) is 0 Å². The number of nitrogens with two attached hydrogens (primary N) is 1. The van der Waals surface area contributed by atoms with Gasteiger partial charge in [-0.25, -0.2) is 0 Å². The van der Waals surface area contributed by atoms with E-state index in [0.717, 1.165) is 6.16 Å². The largest absolute Gasteiger partial charge is 0.306 e. The summed E-state index contributed by atoms with van der Waals surface area (Å²) in [4.78, 5) is 0. The maximum atomic E-state index is 6.13. The van der Waals surface area contributed by atoms with E-state index >= 15 is 0 Å². The third kappa shape index (κ3) is 1.66. The molecule has 1 nitrogen and oxygen atoms in total. The zero-order valence-electron chi connectivity index (χ0n) is 8.27. The van der Waals surface area contributed by atoms with Crippen molar-refractivity contribution in [3.8, 4) is 0 Å². The van der Waals surface area contributed by atoms with Gasteiger partial charge in [0.2, 0.25) is 0 Å². The van der Waals surface area contributed by atoms with Gasteiger partial charge in [0.15, 0.2) is 0 Å². The van der Waals surface area contributed by atoms with Gasteiger partial charge >= 0.3 is 0 Å². The molecule has 14 heavy (non-hydrogen) atoms. The van der Waals surface area contributed by atoms with Gasteiger partial charge in [-0.15, -0.1) is 0 Å². The molecule has 0 radical (unpaired) electrons. The van der Waals surface area contributed by atoms with Gasteiger partial charge in [-0.2, -0.15) is 0 Å². The molecule has 2 rings (SSSR count). The molecule has 2 aromatic rings. The van der Waals surface area contributed by atoms with Crippen LogP contribution in [0.3, 0.4) is 0 Å². The summed E-state index contributed by atoms with van der Waals surface area (Å²) in [7, 11) is -0.473. The lowest BCUT2D eigenvalue weighted by molar-refractivity contribution is 1.49. The minimum atomic E-state index is -0.473. The lowest BCUT2D eigenvalue weighted by Gasteiger charge is -2.12. The highest BCUT2D eigenvalue weighted by molar-refractivity contribution is 7.63. The fraction of sp³-hybridized carbons (Fsp3) is 0.167. The van der Waals surface area contributed by atoms with Gasteiger partial charge in [0, 0.05) is 0 Å². The molecule has 0 amide bonds. The Kier molecular flexibility index (Phi) is 2.81. The maximum Gasteiger partial charge on any atom is -0.00191 e. The highest BCUT2D eigenvalue weighted by atomic mass is 31.1. The van der Waals surface area contributed by atoms with Crippen LogP contribution in [0.25, 0.3) is 10.8 Å². The first-order valence-electron chi connectivity index (χ1n) is 4.83. The Morgan fingerprint density at radius 3 is 2.57 bits per heavy atom. The quantitative estimate of drug-likeness (QED) is 0.746. The van der Waals surface area contributed by atoms with E-state index in [1.165, 1.54) is 16.1 Å². The predicted octanol–water partition coefficient (Wildman–Crippen LogP) is 2.84. The zero-order chi connectivity index (χ0) is 9.97. The third-order valence-corrected chi connectivity index (χ3v) is 4.11. The lowest BCUT2D eigenvalue weighted by Crippen LogP contribution is -2.09. The summed E-state index contributed by atoms with van der Waals surface area (Å²) < 4.78 is 0. The first kappa shape index (κ1) is 9.64. The molecule has 0 aromatic heterocycles. The summed E-state index contributed by atoms with van der Waals surface area (Å²) in [5.74, 6) is 0. The van der Waals surface area contributed by atoms with Gasteiger partial charge in [-0.05, 0) is 30.3 Å². The Balaban J connectivity index is 2.65. The van der Waals surface area contributed by atoms with Crippen LogP contribution in [0.2, 0.25) is 0 Å². The molecule has 0 saturated heterocycles. The molecule has 2 N–H and O–H groups in total. The Morgan fingerprint density at radius 2 is 1.79 bits per heavy atom. The van der Waals surface area contributed by atoms with E-state index in [1.54, 1.807) is 0 Å². The van der Waals surface area contributed by atoms with E-state index in [-0.39, 0.29) is 0 Å². The Labute approximate surface area is 85.7 Å². The standard InChI is InChI=1S/C12H14NP/c1-2-14(13)12-9-5-7-10-6-3-4-8-11(10)12/h3-9H,2,13H2,1H3. The van der Waals surface area contributed by atoms with Crippen molar-refractivity contribution in [1.82, 2.24) is 0 Å². The normalized spacial score (nSPS) is 13.0. The van der Waals surface area contributed by atoms with Crippen molar-refractivity contribution < 1.29 is 0 Å². The number of benzene rings is 2. The Morgan fingerprint density at radius 1 is 1.07 bits per heavy atom. The molecule has 1 atom stereocenters. The minimum Gasteiger partial charge on any atom is -0.306 e. The first-order chi connectivity index (χ1) is 6.83. The van der Waals surface area contributed by atoms with Crippen molar-refractivity contribution in [2.45, 2.75) is 6.92 Å². The van der Waals surface area contributed by atoms with E-state index in [1.807, 2.05) is 0 Å². The average molecular weight is 203 g/mol. The molecule has 0 aliphatic rings. The fourth-order valence-electron chi connectivity index (χ4n) is 1.63. The van der Waals surface area contributed by atoms with Crippen molar-refractivity contribution in [1.29, 1.82) is 0 Å². The van der Waals surface area contributed by atoms with E-state index in [2.05, 4.69) is 49.4 Å². The zero-order valence-corrected chi connectivity index (χ0v) is 9.17. The molecule has 72 valence electrons. The van der Waals surface area contributed by atoms with Crippen LogP contribution < -0.4 is 10.8 Å². The van der Waals surface area contributed by atoms with Crippen LogP contribution in [-0.4, -0.2) is 6.16 Å². The fourth-order valence-corrected chi connectivity index (χ4v) is 2.76. The molecule has 0 aliphatic heterocycles. The van der Waals surface area contributed by atoms with E-state index < -0.39 is 8.07 Å². The number of rotatable bonds is 2. The van der Waals surface area contributed by atoms with Crippen LogP contribution in [-0.2, 0) is 0 Å². The topological polar surface area (TPSA) is 26.0 Å². The molecule has 0 bridgehead atoms.